The van der Waals surface area contributed by atoms with Gasteiger partial charge in [0, 0.05) is 36.6 Å². The summed E-state index contributed by atoms with van der Waals surface area (Å²) in [5, 5.41) is 8.13. The smallest absolute Gasteiger partial charge is 0.276 e. The molecule has 0 unspecified atom stereocenters. The summed E-state index contributed by atoms with van der Waals surface area (Å²) in [6, 6.07) is 8.01. The van der Waals surface area contributed by atoms with E-state index in [-0.39, 0.29) is 11.8 Å². The number of para-hydroxylation sites is 1. The molecule has 0 aliphatic carbocycles. The number of aryl methyl sites for hydroxylation is 4. The second-order valence-corrected chi connectivity index (χ2v) is 8.38. The van der Waals surface area contributed by atoms with Crippen molar-refractivity contribution in [2.75, 3.05) is 19.7 Å². The molecule has 1 atom stereocenters. The number of nitrogens with zero attached hydrogens (tertiary/aromatic N) is 3. The van der Waals surface area contributed by atoms with E-state index in [0.717, 1.165) is 53.3 Å². The number of likely N-dealkylation sites (tertiary alicyclic amines) is 1. The fourth-order valence-electron chi connectivity index (χ4n) is 4.16. The highest BCUT2D eigenvalue weighted by Crippen LogP contribution is 2.26. The molecule has 1 aliphatic heterocycles. The fraction of sp³-hybridized carbons (Fsp3) is 0.458. The normalized spacial score (nSPS) is 16.5. The van der Waals surface area contributed by atoms with E-state index in [0.29, 0.717) is 31.0 Å². The van der Waals surface area contributed by atoms with Gasteiger partial charge in [0.05, 0.1) is 12.3 Å². The van der Waals surface area contributed by atoms with Crippen molar-refractivity contribution in [3.63, 3.8) is 0 Å². The van der Waals surface area contributed by atoms with Gasteiger partial charge in [-0.1, -0.05) is 28.5 Å². The van der Waals surface area contributed by atoms with E-state index in [9.17, 15) is 4.79 Å². The zero-order valence-electron chi connectivity index (χ0n) is 18.6. The van der Waals surface area contributed by atoms with Gasteiger partial charge in [-0.3, -0.25) is 4.79 Å². The first-order valence-corrected chi connectivity index (χ1v) is 10.8. The lowest BCUT2D eigenvalue weighted by Gasteiger charge is -2.32. The van der Waals surface area contributed by atoms with Crippen LogP contribution in [0.4, 0.5) is 0 Å². The molecule has 7 heteroatoms. The van der Waals surface area contributed by atoms with Gasteiger partial charge >= 0.3 is 0 Å². The zero-order valence-corrected chi connectivity index (χ0v) is 18.6. The summed E-state index contributed by atoms with van der Waals surface area (Å²) in [6.45, 7) is 9.63. The lowest BCUT2D eigenvalue weighted by Crippen LogP contribution is -2.42. The molecule has 0 N–H and O–H groups in total. The van der Waals surface area contributed by atoms with Gasteiger partial charge in [-0.05, 0) is 52.2 Å². The van der Waals surface area contributed by atoms with Gasteiger partial charge < -0.3 is 18.7 Å². The maximum absolute atomic E-state index is 13.3. The SMILES string of the molecule is Cc1ccccc1OC[C@H]1CCCN(C(=O)c2noc(C)c2Cc2c(C)noc2C)C1. The van der Waals surface area contributed by atoms with E-state index in [1.807, 2.05) is 56.9 Å². The standard InChI is InChI=1S/C24H29N3O4/c1-15-8-5-6-10-22(15)29-14-19-9-7-11-27(13-19)24(28)23-21(18(4)31-26-23)12-20-16(2)25-30-17(20)3/h5-6,8,10,19H,7,9,11-14H2,1-4H3/t19-/m0/s1. The molecule has 0 spiro atoms. The number of hydrogen-bond acceptors (Lipinski definition) is 6. The first-order valence-electron chi connectivity index (χ1n) is 10.8. The topological polar surface area (TPSA) is 81.6 Å². The lowest BCUT2D eigenvalue weighted by atomic mass is 9.97. The molecule has 0 saturated carbocycles. The molecule has 164 valence electrons. The lowest BCUT2D eigenvalue weighted by molar-refractivity contribution is 0.0622. The Balaban J connectivity index is 1.45. The first kappa shape index (κ1) is 21.2. The molecule has 3 heterocycles. The minimum Gasteiger partial charge on any atom is -0.493 e. The number of ether oxygens (including phenoxy) is 1. The number of benzene rings is 1. The van der Waals surface area contributed by atoms with Crippen LogP contribution in [0.25, 0.3) is 0 Å². The Bertz CT molecular complexity index is 1050. The van der Waals surface area contributed by atoms with E-state index in [2.05, 4.69) is 10.3 Å². The second-order valence-electron chi connectivity index (χ2n) is 8.38. The van der Waals surface area contributed by atoms with Gasteiger partial charge in [0.15, 0.2) is 5.69 Å². The molecule has 7 nitrogen and oxygen atoms in total. The van der Waals surface area contributed by atoms with Crippen molar-refractivity contribution in [3.05, 3.63) is 63.9 Å². The molecule has 1 aliphatic rings. The maximum Gasteiger partial charge on any atom is 0.276 e. The van der Waals surface area contributed by atoms with Crippen molar-refractivity contribution in [1.29, 1.82) is 0 Å². The number of aromatic nitrogens is 2. The fourth-order valence-corrected chi connectivity index (χ4v) is 4.16. The number of amides is 1. The van der Waals surface area contributed by atoms with Crippen LogP contribution in [0.5, 0.6) is 5.75 Å². The van der Waals surface area contributed by atoms with Gasteiger partial charge in [0.1, 0.15) is 17.3 Å². The molecule has 0 radical (unpaired) electrons. The van der Waals surface area contributed by atoms with Crippen molar-refractivity contribution in [2.45, 2.75) is 47.0 Å². The predicted molar refractivity (Wildman–Crippen MR) is 115 cm³/mol. The number of piperidine rings is 1. The summed E-state index contributed by atoms with van der Waals surface area (Å²) in [7, 11) is 0. The minimum atomic E-state index is -0.0841. The van der Waals surface area contributed by atoms with Gasteiger partial charge in [-0.15, -0.1) is 0 Å². The van der Waals surface area contributed by atoms with Crippen LogP contribution in [-0.2, 0) is 6.42 Å². The predicted octanol–water partition coefficient (Wildman–Crippen LogP) is 4.42. The third kappa shape index (κ3) is 4.50. The summed E-state index contributed by atoms with van der Waals surface area (Å²) in [5.74, 6) is 2.51. The molecule has 1 amide bonds. The Morgan fingerprint density at radius 2 is 1.84 bits per heavy atom. The van der Waals surface area contributed by atoms with Crippen molar-refractivity contribution in [1.82, 2.24) is 15.2 Å². The highest BCUT2D eigenvalue weighted by atomic mass is 16.5. The molecule has 0 bridgehead atoms. The van der Waals surface area contributed by atoms with Crippen LogP contribution in [0.3, 0.4) is 0 Å². The molecule has 3 aromatic rings. The zero-order chi connectivity index (χ0) is 22.0. The summed E-state index contributed by atoms with van der Waals surface area (Å²) in [4.78, 5) is 15.2. The quantitative estimate of drug-likeness (QED) is 0.584. The Labute approximate surface area is 182 Å². The molecular weight excluding hydrogens is 394 g/mol. The van der Waals surface area contributed by atoms with Crippen LogP contribution < -0.4 is 4.74 Å². The Hall–Kier alpha value is -3.09. The van der Waals surface area contributed by atoms with Crippen LogP contribution in [0.2, 0.25) is 0 Å². The maximum atomic E-state index is 13.3. The van der Waals surface area contributed by atoms with Gasteiger partial charge in [0.2, 0.25) is 0 Å². The molecule has 1 saturated heterocycles. The average molecular weight is 424 g/mol. The van der Waals surface area contributed by atoms with Crippen molar-refractivity contribution in [3.8, 4) is 5.75 Å². The molecule has 1 aromatic carbocycles. The third-order valence-electron chi connectivity index (χ3n) is 6.10. The number of carbonyl (C=O) groups excluding carboxylic acids is 1. The van der Waals surface area contributed by atoms with Gasteiger partial charge in [-0.25, -0.2) is 0 Å². The van der Waals surface area contributed by atoms with E-state index >= 15 is 0 Å². The van der Waals surface area contributed by atoms with Crippen molar-refractivity contribution in [2.24, 2.45) is 5.92 Å². The number of rotatable bonds is 6. The Morgan fingerprint density at radius 3 is 2.58 bits per heavy atom. The molecule has 2 aromatic heterocycles. The third-order valence-corrected chi connectivity index (χ3v) is 6.10. The van der Waals surface area contributed by atoms with Crippen molar-refractivity contribution >= 4 is 5.91 Å². The van der Waals surface area contributed by atoms with Crippen LogP contribution in [0.1, 0.15) is 57.2 Å². The van der Waals surface area contributed by atoms with Crippen LogP contribution in [-0.4, -0.2) is 40.8 Å². The van der Waals surface area contributed by atoms with Crippen LogP contribution in [0.15, 0.2) is 33.3 Å². The van der Waals surface area contributed by atoms with E-state index in [1.165, 1.54) is 0 Å². The van der Waals surface area contributed by atoms with E-state index in [4.69, 9.17) is 13.8 Å². The first-order chi connectivity index (χ1) is 14.9. The monoisotopic (exact) mass is 423 g/mol. The van der Waals surface area contributed by atoms with Crippen LogP contribution >= 0.6 is 0 Å². The molecule has 4 rings (SSSR count). The highest BCUT2D eigenvalue weighted by molar-refractivity contribution is 5.94. The highest BCUT2D eigenvalue weighted by Gasteiger charge is 2.30. The Morgan fingerprint density at radius 1 is 1.10 bits per heavy atom. The summed E-state index contributed by atoms with van der Waals surface area (Å²) in [6.07, 6.45) is 2.51. The summed E-state index contributed by atoms with van der Waals surface area (Å²) in [5.41, 5.74) is 4.11. The number of hydrogen-bond donors (Lipinski definition) is 0. The molecule has 1 fully saturated rings. The average Bonchev–Trinajstić information content (AvgIpc) is 3.30. The number of carbonyl (C=O) groups is 1. The van der Waals surface area contributed by atoms with Crippen LogP contribution in [0, 0.1) is 33.6 Å². The second kappa shape index (κ2) is 8.96. The minimum absolute atomic E-state index is 0.0841. The molecular formula is C24H29N3O4. The van der Waals surface area contributed by atoms with E-state index in [1.54, 1.807) is 0 Å². The Kier molecular flexibility index (Phi) is 6.11. The van der Waals surface area contributed by atoms with Gasteiger partial charge in [0.25, 0.3) is 5.91 Å². The molecule has 31 heavy (non-hydrogen) atoms. The largest absolute Gasteiger partial charge is 0.493 e. The summed E-state index contributed by atoms with van der Waals surface area (Å²) < 4.78 is 16.7. The summed E-state index contributed by atoms with van der Waals surface area (Å²) >= 11 is 0. The van der Waals surface area contributed by atoms with Crippen molar-refractivity contribution < 1.29 is 18.6 Å². The van der Waals surface area contributed by atoms with E-state index < -0.39 is 0 Å². The van der Waals surface area contributed by atoms with Gasteiger partial charge in [-0.2, -0.15) is 0 Å².